The maximum absolute atomic E-state index is 12.6. The fraction of sp³-hybridized carbons (Fsp3) is 0.818. The molecule has 1 aliphatic carbocycles. The third-order valence-corrected chi connectivity index (χ3v) is 5.21. The van der Waals surface area contributed by atoms with Crippen molar-refractivity contribution < 1.29 is 19.1 Å². The van der Waals surface area contributed by atoms with Gasteiger partial charge in [0.15, 0.2) is 0 Å². The second-order valence-corrected chi connectivity index (χ2v) is 7.91. The van der Waals surface area contributed by atoms with E-state index in [-0.39, 0.29) is 11.9 Å². The first-order valence-electron chi connectivity index (χ1n) is 10.5. The summed E-state index contributed by atoms with van der Waals surface area (Å²) in [6, 6.07) is 0. The lowest BCUT2D eigenvalue weighted by Gasteiger charge is -2.26. The van der Waals surface area contributed by atoms with Crippen LogP contribution in [0.4, 0.5) is 0 Å². The Morgan fingerprint density at radius 2 is 1.58 bits per heavy atom. The molecule has 1 aliphatic rings. The first-order valence-corrected chi connectivity index (χ1v) is 10.5. The van der Waals surface area contributed by atoms with Crippen LogP contribution in [0.15, 0.2) is 12.2 Å². The zero-order valence-corrected chi connectivity index (χ0v) is 17.2. The fourth-order valence-electron chi connectivity index (χ4n) is 3.31. The predicted molar refractivity (Wildman–Crippen MR) is 105 cm³/mol. The average molecular weight is 367 g/mol. The lowest BCUT2D eigenvalue weighted by atomic mass is 9.83. The van der Waals surface area contributed by atoms with Crippen molar-refractivity contribution in [1.82, 2.24) is 0 Å². The molecule has 0 amide bonds. The molecular weight excluding hydrogens is 328 g/mol. The van der Waals surface area contributed by atoms with Crippen molar-refractivity contribution in [3.05, 3.63) is 12.2 Å². The average Bonchev–Trinajstić information content (AvgIpc) is 2.64. The molecule has 0 radical (unpaired) electrons. The van der Waals surface area contributed by atoms with Crippen molar-refractivity contribution in [2.45, 2.75) is 79.1 Å². The van der Waals surface area contributed by atoms with Crippen LogP contribution >= 0.6 is 0 Å². The minimum absolute atomic E-state index is 0.242. The number of esters is 2. The fourth-order valence-corrected chi connectivity index (χ4v) is 3.31. The van der Waals surface area contributed by atoms with E-state index in [2.05, 4.69) is 27.7 Å². The van der Waals surface area contributed by atoms with Gasteiger partial charge >= 0.3 is 11.9 Å². The summed E-state index contributed by atoms with van der Waals surface area (Å²) in [4.78, 5) is 25.0. The van der Waals surface area contributed by atoms with Gasteiger partial charge in [-0.05, 0) is 43.9 Å². The van der Waals surface area contributed by atoms with Gasteiger partial charge in [-0.25, -0.2) is 0 Å². The second-order valence-electron chi connectivity index (χ2n) is 7.91. The summed E-state index contributed by atoms with van der Waals surface area (Å²) in [6.45, 7) is 9.52. The molecule has 3 unspecified atom stereocenters. The number of ether oxygens (including phenoxy) is 2. The highest BCUT2D eigenvalue weighted by atomic mass is 16.5. The molecule has 0 spiro atoms. The first-order chi connectivity index (χ1) is 12.5. The van der Waals surface area contributed by atoms with E-state index in [9.17, 15) is 9.59 Å². The quantitative estimate of drug-likeness (QED) is 0.267. The van der Waals surface area contributed by atoms with Crippen molar-refractivity contribution in [2.24, 2.45) is 23.7 Å². The molecule has 3 atom stereocenters. The number of carbonyl (C=O) groups is 2. The topological polar surface area (TPSA) is 52.6 Å². The van der Waals surface area contributed by atoms with Gasteiger partial charge in [0.1, 0.15) is 0 Å². The highest BCUT2D eigenvalue weighted by Crippen LogP contribution is 2.28. The minimum atomic E-state index is -0.402. The van der Waals surface area contributed by atoms with Gasteiger partial charge in [-0.15, -0.1) is 0 Å². The van der Waals surface area contributed by atoms with E-state index < -0.39 is 11.8 Å². The number of hydrogen-bond acceptors (Lipinski definition) is 4. The molecule has 0 aliphatic heterocycles. The van der Waals surface area contributed by atoms with E-state index >= 15 is 0 Å². The van der Waals surface area contributed by atoms with Crippen LogP contribution in [-0.4, -0.2) is 25.2 Å². The monoisotopic (exact) mass is 366 g/mol. The zero-order chi connectivity index (χ0) is 19.4. The van der Waals surface area contributed by atoms with Gasteiger partial charge in [0.05, 0.1) is 25.0 Å². The maximum atomic E-state index is 12.6. The Morgan fingerprint density at radius 1 is 0.962 bits per heavy atom. The van der Waals surface area contributed by atoms with Gasteiger partial charge in [-0.1, -0.05) is 59.1 Å². The van der Waals surface area contributed by atoms with Gasteiger partial charge in [0, 0.05) is 0 Å². The Kier molecular flexibility index (Phi) is 11.3. The van der Waals surface area contributed by atoms with E-state index in [1.54, 1.807) is 0 Å². The molecule has 0 aromatic carbocycles. The lowest BCUT2D eigenvalue weighted by Crippen LogP contribution is -2.34. The van der Waals surface area contributed by atoms with Gasteiger partial charge < -0.3 is 9.47 Å². The van der Waals surface area contributed by atoms with Crippen molar-refractivity contribution in [1.29, 1.82) is 0 Å². The molecular formula is C22H38O4. The van der Waals surface area contributed by atoms with Crippen LogP contribution in [0.2, 0.25) is 0 Å². The van der Waals surface area contributed by atoms with E-state index in [4.69, 9.17) is 9.47 Å². The molecule has 0 aromatic heterocycles. The van der Waals surface area contributed by atoms with Gasteiger partial charge in [0.25, 0.3) is 0 Å². The summed E-state index contributed by atoms with van der Waals surface area (Å²) in [5.41, 5.74) is 0. The van der Waals surface area contributed by atoms with Gasteiger partial charge in [-0.2, -0.15) is 0 Å². The lowest BCUT2D eigenvalue weighted by molar-refractivity contribution is -0.162. The summed E-state index contributed by atoms with van der Waals surface area (Å²) in [5.74, 6) is -0.275. The van der Waals surface area contributed by atoms with Crippen LogP contribution in [0, 0.1) is 23.7 Å². The van der Waals surface area contributed by atoms with Crippen LogP contribution < -0.4 is 0 Å². The van der Waals surface area contributed by atoms with Gasteiger partial charge in [-0.3, -0.25) is 9.59 Å². The number of carbonyl (C=O) groups excluding carboxylic acids is 2. The third kappa shape index (κ3) is 8.37. The van der Waals surface area contributed by atoms with Crippen molar-refractivity contribution >= 4 is 11.9 Å². The Morgan fingerprint density at radius 3 is 2.12 bits per heavy atom. The van der Waals surface area contributed by atoms with Crippen LogP contribution in [-0.2, 0) is 19.1 Å². The van der Waals surface area contributed by atoms with E-state index in [1.165, 1.54) is 0 Å². The van der Waals surface area contributed by atoms with Crippen LogP contribution in [0.25, 0.3) is 0 Å². The third-order valence-electron chi connectivity index (χ3n) is 5.21. The van der Waals surface area contributed by atoms with Crippen LogP contribution in [0.5, 0.6) is 0 Å². The first kappa shape index (κ1) is 22.7. The largest absolute Gasteiger partial charge is 0.465 e. The molecule has 0 heterocycles. The van der Waals surface area contributed by atoms with E-state index in [0.29, 0.717) is 37.9 Å². The number of hydrogen-bond donors (Lipinski definition) is 0. The zero-order valence-electron chi connectivity index (χ0n) is 17.2. The molecule has 0 fully saturated rings. The number of rotatable bonds is 12. The van der Waals surface area contributed by atoms with E-state index in [1.807, 2.05) is 12.2 Å². The van der Waals surface area contributed by atoms with Crippen molar-refractivity contribution in [3.8, 4) is 0 Å². The highest BCUT2D eigenvalue weighted by Gasteiger charge is 2.36. The molecule has 26 heavy (non-hydrogen) atoms. The van der Waals surface area contributed by atoms with Crippen molar-refractivity contribution in [3.63, 3.8) is 0 Å². The Labute approximate surface area is 159 Å². The molecule has 4 heteroatoms. The molecule has 0 saturated carbocycles. The standard InChI is InChI=1S/C22H38O4/c1-5-7-12-18(6-2)16-26-22(24)20-14-9-8-13-19(20)21(23)25-15-10-11-17(3)4/h8-9,17-20H,5-7,10-16H2,1-4H3. The minimum Gasteiger partial charge on any atom is -0.465 e. The predicted octanol–water partition coefficient (Wildman–Crippen LogP) is 5.31. The Bertz CT molecular complexity index is 441. The Balaban J connectivity index is 2.49. The van der Waals surface area contributed by atoms with Gasteiger partial charge in [0.2, 0.25) is 0 Å². The summed E-state index contributed by atoms with van der Waals surface area (Å²) >= 11 is 0. The highest BCUT2D eigenvalue weighted by molar-refractivity contribution is 5.82. The van der Waals surface area contributed by atoms with Crippen molar-refractivity contribution in [2.75, 3.05) is 13.2 Å². The molecule has 0 saturated heterocycles. The maximum Gasteiger partial charge on any atom is 0.310 e. The summed E-state index contributed by atoms with van der Waals surface area (Å²) in [5, 5.41) is 0. The molecule has 0 aromatic rings. The molecule has 0 bridgehead atoms. The molecule has 150 valence electrons. The number of unbranched alkanes of at least 4 members (excludes halogenated alkanes) is 1. The molecule has 0 N–H and O–H groups in total. The Hall–Kier alpha value is -1.32. The summed E-state index contributed by atoms with van der Waals surface area (Å²) in [6.07, 6.45) is 11.4. The molecule has 4 nitrogen and oxygen atoms in total. The molecule has 1 rings (SSSR count). The summed E-state index contributed by atoms with van der Waals surface area (Å²) < 4.78 is 11.0. The smallest absolute Gasteiger partial charge is 0.310 e. The normalized spacial score (nSPS) is 20.8. The SMILES string of the molecule is CCCCC(CC)COC(=O)C1CC=CCC1C(=O)OCCCC(C)C. The number of allylic oxidation sites excluding steroid dienone is 2. The van der Waals surface area contributed by atoms with Crippen LogP contribution in [0.1, 0.15) is 79.1 Å². The second kappa shape index (κ2) is 12.9. The van der Waals surface area contributed by atoms with Crippen LogP contribution in [0.3, 0.4) is 0 Å². The van der Waals surface area contributed by atoms with E-state index in [0.717, 1.165) is 38.5 Å². The summed E-state index contributed by atoms with van der Waals surface area (Å²) in [7, 11) is 0.